The second kappa shape index (κ2) is 9.31. The first-order valence-corrected chi connectivity index (χ1v) is 5.04. The van der Waals surface area contributed by atoms with Gasteiger partial charge in [-0.3, -0.25) is 20.8 Å². The molecule has 0 saturated heterocycles. The molecule has 0 unspecified atom stereocenters. The van der Waals surface area contributed by atoms with Crippen molar-refractivity contribution in [1.29, 1.82) is 0 Å². The Labute approximate surface area is 88.8 Å². The van der Waals surface area contributed by atoms with Crippen LogP contribution in [-0.4, -0.2) is 17.5 Å². The summed E-state index contributed by atoms with van der Waals surface area (Å²) in [4.78, 5) is 0. The van der Waals surface area contributed by atoms with Crippen molar-refractivity contribution in [2.75, 3.05) is 0 Å². The van der Waals surface area contributed by atoms with Crippen molar-refractivity contribution in [3.05, 3.63) is 42.5 Å². The van der Waals surface area contributed by atoms with E-state index in [4.69, 9.17) is 17.5 Å². The Bertz CT molecular complexity index is 342. The molecule has 0 radical (unpaired) electrons. The zero-order valence-corrected chi connectivity index (χ0v) is 8.76. The van der Waals surface area contributed by atoms with Crippen LogP contribution in [-0.2, 0) is 10.4 Å². The van der Waals surface area contributed by atoms with Gasteiger partial charge in [0.05, 0.1) is 0 Å². The Hall–Kier alpha value is -1.25. The van der Waals surface area contributed by atoms with Gasteiger partial charge < -0.3 is 0 Å². The van der Waals surface area contributed by atoms with Crippen LogP contribution in [0, 0.1) is 0 Å². The molecule has 7 heteroatoms. The quantitative estimate of drug-likeness (QED) is 0.318. The van der Waals surface area contributed by atoms with Crippen molar-refractivity contribution in [2.24, 2.45) is 11.7 Å². The first-order valence-electron chi connectivity index (χ1n) is 3.64. The minimum absolute atomic E-state index is 1.17. The smallest absolute Gasteiger partial charge is 0.274 e. The summed E-state index contributed by atoms with van der Waals surface area (Å²) in [5.41, 5.74) is 1.17. The molecule has 0 aliphatic carbocycles. The maximum Gasteiger partial charge on any atom is 0.394 e. The molecule has 0 saturated carbocycles. The normalized spacial score (nSPS) is 8.80. The topological polar surface area (TPSA) is 127 Å². The van der Waals surface area contributed by atoms with Crippen LogP contribution >= 0.6 is 0 Å². The number of hydrazine groups is 1. The third kappa shape index (κ3) is 19.2. The third-order valence-corrected chi connectivity index (χ3v) is 1.04. The van der Waals surface area contributed by atoms with E-state index < -0.39 is 10.4 Å². The molecule has 1 aromatic rings. The fraction of sp³-hybridized carbons (Fsp3) is 0. The molecule has 0 aromatic heterocycles. The molecule has 0 amide bonds. The van der Waals surface area contributed by atoms with Gasteiger partial charge in [-0.15, -0.1) is 0 Å². The molecule has 0 atom stereocenters. The zero-order chi connectivity index (χ0) is 12.3. The first-order chi connectivity index (χ1) is 6.93. The lowest BCUT2D eigenvalue weighted by Crippen LogP contribution is -2.02. The Morgan fingerprint density at radius 3 is 1.67 bits per heavy atom. The van der Waals surface area contributed by atoms with Crippen LogP contribution in [0.2, 0.25) is 0 Å². The van der Waals surface area contributed by atoms with E-state index in [0.29, 0.717) is 0 Å². The summed E-state index contributed by atoms with van der Waals surface area (Å²) in [6, 6.07) is 10.0. The van der Waals surface area contributed by atoms with E-state index >= 15 is 0 Å². The summed E-state index contributed by atoms with van der Waals surface area (Å²) in [5, 5.41) is 0. The van der Waals surface area contributed by atoms with Crippen molar-refractivity contribution in [2.45, 2.75) is 0 Å². The number of rotatable bonds is 1. The van der Waals surface area contributed by atoms with Crippen LogP contribution in [0.1, 0.15) is 5.56 Å². The first kappa shape index (κ1) is 16.2. The second-order valence-electron chi connectivity index (χ2n) is 2.06. The van der Waals surface area contributed by atoms with E-state index in [1.807, 2.05) is 36.4 Å². The number of benzene rings is 1. The lowest BCUT2D eigenvalue weighted by atomic mass is 10.2. The molecule has 15 heavy (non-hydrogen) atoms. The zero-order valence-electron chi connectivity index (χ0n) is 7.95. The maximum atomic E-state index is 8.74. The number of hydrogen-bond acceptors (Lipinski definition) is 4. The standard InChI is InChI=1S/C8H8.H4N2.H2O4S/c1-2-8-6-4-3-5-7-8;1-2;1-5(2,3)4/h2-7H,1H2;1-2H2;(H2,1,2,3,4). The molecular formula is C8H14N2O4S. The summed E-state index contributed by atoms with van der Waals surface area (Å²) in [6.45, 7) is 3.63. The van der Waals surface area contributed by atoms with Gasteiger partial charge in [-0.1, -0.05) is 43.0 Å². The van der Waals surface area contributed by atoms with Crippen LogP contribution in [0.5, 0.6) is 0 Å². The third-order valence-electron chi connectivity index (χ3n) is 1.04. The molecule has 0 aliphatic rings. The van der Waals surface area contributed by atoms with Gasteiger partial charge in [0.15, 0.2) is 0 Å². The molecule has 0 aliphatic heterocycles. The van der Waals surface area contributed by atoms with E-state index in [1.54, 1.807) is 0 Å². The minimum atomic E-state index is -4.67. The number of hydrogen-bond donors (Lipinski definition) is 4. The predicted octanol–water partition coefficient (Wildman–Crippen LogP) is 0.496. The van der Waals surface area contributed by atoms with Gasteiger partial charge >= 0.3 is 10.4 Å². The monoisotopic (exact) mass is 234 g/mol. The van der Waals surface area contributed by atoms with E-state index in [9.17, 15) is 0 Å². The van der Waals surface area contributed by atoms with Crippen LogP contribution in [0.15, 0.2) is 36.9 Å². The Morgan fingerprint density at radius 2 is 1.47 bits per heavy atom. The fourth-order valence-electron chi connectivity index (χ4n) is 0.589. The van der Waals surface area contributed by atoms with Gasteiger partial charge in [0.1, 0.15) is 0 Å². The summed E-state index contributed by atoms with van der Waals surface area (Å²) in [7, 11) is -4.67. The lowest BCUT2D eigenvalue weighted by Gasteiger charge is -1.85. The van der Waals surface area contributed by atoms with Crippen LogP contribution in [0.3, 0.4) is 0 Å². The molecule has 0 fully saturated rings. The van der Waals surface area contributed by atoms with Crippen molar-refractivity contribution in [3.63, 3.8) is 0 Å². The maximum absolute atomic E-state index is 8.74. The SMILES string of the molecule is C=Cc1ccccc1.NN.O=S(=O)(O)O. The second-order valence-corrected chi connectivity index (χ2v) is 2.96. The summed E-state index contributed by atoms with van der Waals surface area (Å²) >= 11 is 0. The summed E-state index contributed by atoms with van der Waals surface area (Å²) < 4.78 is 31.6. The van der Waals surface area contributed by atoms with E-state index in [-0.39, 0.29) is 0 Å². The minimum Gasteiger partial charge on any atom is -0.274 e. The average molecular weight is 234 g/mol. The van der Waals surface area contributed by atoms with Crippen LogP contribution in [0.25, 0.3) is 6.08 Å². The Kier molecular flexibility index (Phi) is 10.0. The molecule has 1 rings (SSSR count). The van der Waals surface area contributed by atoms with E-state index in [2.05, 4.69) is 18.3 Å². The predicted molar refractivity (Wildman–Crippen MR) is 59.1 cm³/mol. The largest absolute Gasteiger partial charge is 0.394 e. The van der Waals surface area contributed by atoms with Gasteiger partial charge in [-0.25, -0.2) is 0 Å². The molecule has 0 heterocycles. The van der Waals surface area contributed by atoms with Gasteiger partial charge in [0.2, 0.25) is 0 Å². The van der Waals surface area contributed by atoms with Gasteiger partial charge in [-0.05, 0) is 5.56 Å². The van der Waals surface area contributed by atoms with Gasteiger partial charge in [0.25, 0.3) is 0 Å². The Morgan fingerprint density at radius 1 is 1.13 bits per heavy atom. The lowest BCUT2D eigenvalue weighted by molar-refractivity contribution is 0.381. The van der Waals surface area contributed by atoms with Crippen molar-refractivity contribution >= 4 is 16.5 Å². The Balaban J connectivity index is 0. The molecule has 6 nitrogen and oxygen atoms in total. The van der Waals surface area contributed by atoms with Crippen LogP contribution < -0.4 is 11.7 Å². The highest BCUT2D eigenvalue weighted by molar-refractivity contribution is 7.79. The molecule has 1 aromatic carbocycles. The van der Waals surface area contributed by atoms with E-state index in [1.165, 1.54) is 5.56 Å². The number of nitrogens with two attached hydrogens (primary N) is 2. The fourth-order valence-corrected chi connectivity index (χ4v) is 0.589. The average Bonchev–Trinajstić information content (AvgIpc) is 2.20. The van der Waals surface area contributed by atoms with E-state index in [0.717, 1.165) is 0 Å². The molecular weight excluding hydrogens is 220 g/mol. The highest BCUT2D eigenvalue weighted by Gasteiger charge is 1.84. The summed E-state index contributed by atoms with van der Waals surface area (Å²) in [6.07, 6.45) is 1.83. The molecule has 6 N–H and O–H groups in total. The highest BCUT2D eigenvalue weighted by atomic mass is 32.3. The van der Waals surface area contributed by atoms with Crippen molar-refractivity contribution in [1.82, 2.24) is 0 Å². The van der Waals surface area contributed by atoms with Crippen LogP contribution in [0.4, 0.5) is 0 Å². The highest BCUT2D eigenvalue weighted by Crippen LogP contribution is 1.97. The summed E-state index contributed by atoms with van der Waals surface area (Å²) in [5.74, 6) is 8.00. The van der Waals surface area contributed by atoms with Crippen molar-refractivity contribution in [3.8, 4) is 0 Å². The molecule has 0 bridgehead atoms. The van der Waals surface area contributed by atoms with Gasteiger partial charge in [-0.2, -0.15) is 8.42 Å². The molecule has 86 valence electrons. The molecule has 0 spiro atoms. The van der Waals surface area contributed by atoms with Crippen molar-refractivity contribution < 1.29 is 17.5 Å². The van der Waals surface area contributed by atoms with Gasteiger partial charge in [0, 0.05) is 0 Å².